The summed E-state index contributed by atoms with van der Waals surface area (Å²) in [6.07, 6.45) is 5.43. The smallest absolute Gasteiger partial charge is 0.261 e. The van der Waals surface area contributed by atoms with Crippen LogP contribution in [0.15, 0.2) is 35.5 Å². The average molecular weight is 404 g/mol. The van der Waals surface area contributed by atoms with Crippen LogP contribution in [-0.4, -0.2) is 44.3 Å². The van der Waals surface area contributed by atoms with E-state index < -0.39 is 0 Å². The lowest BCUT2D eigenvalue weighted by atomic mass is 10.0. The molecule has 3 aromatic heterocycles. The maximum Gasteiger partial charge on any atom is 0.261 e. The van der Waals surface area contributed by atoms with Crippen LogP contribution >= 0.6 is 0 Å². The number of nitrogens with zero attached hydrogens (tertiary/aromatic N) is 5. The molecule has 1 aromatic carbocycles. The number of imidazole rings is 1. The first-order chi connectivity index (χ1) is 14.5. The van der Waals surface area contributed by atoms with Crippen molar-refractivity contribution >= 4 is 16.6 Å². The van der Waals surface area contributed by atoms with Crippen molar-refractivity contribution in [1.82, 2.24) is 29.5 Å². The number of nitrogens with one attached hydrogen (secondary N) is 1. The zero-order valence-electron chi connectivity index (χ0n) is 17.3. The second kappa shape index (κ2) is 7.21. The summed E-state index contributed by atoms with van der Waals surface area (Å²) in [5, 5.41) is 8.61. The molecule has 0 unspecified atom stereocenters. The van der Waals surface area contributed by atoms with Gasteiger partial charge in [0, 0.05) is 11.6 Å². The van der Waals surface area contributed by atoms with E-state index in [2.05, 4.69) is 15.3 Å². The highest BCUT2D eigenvalue weighted by molar-refractivity contribution is 5.87. The minimum atomic E-state index is -0.0263. The molecule has 8 heteroatoms. The molecule has 5 rings (SSSR count). The number of fused-ring (bicyclic) bond motifs is 2. The SMILES string of the molecule is COc1cc2c(=O)n(C3CCNCC3)cnc2cc1-c1cc(C)c2nc(C)cn2n1. The van der Waals surface area contributed by atoms with Crippen molar-refractivity contribution in [3.05, 3.63) is 52.3 Å². The minimum Gasteiger partial charge on any atom is -0.496 e. The summed E-state index contributed by atoms with van der Waals surface area (Å²) >= 11 is 0. The van der Waals surface area contributed by atoms with Gasteiger partial charge in [-0.05, 0) is 63.5 Å². The first-order valence-electron chi connectivity index (χ1n) is 10.2. The number of piperidine rings is 1. The third-order valence-electron chi connectivity index (χ3n) is 5.81. The van der Waals surface area contributed by atoms with Gasteiger partial charge in [-0.15, -0.1) is 0 Å². The first kappa shape index (κ1) is 18.7. The Hall–Kier alpha value is -3.26. The number of hydrogen-bond acceptors (Lipinski definition) is 6. The molecule has 0 atom stereocenters. The zero-order chi connectivity index (χ0) is 20.8. The van der Waals surface area contributed by atoms with Crippen LogP contribution in [0.3, 0.4) is 0 Å². The normalized spacial score (nSPS) is 15.2. The van der Waals surface area contributed by atoms with Crippen molar-refractivity contribution in [2.24, 2.45) is 0 Å². The molecule has 8 nitrogen and oxygen atoms in total. The van der Waals surface area contributed by atoms with Crippen LogP contribution in [-0.2, 0) is 0 Å². The molecular formula is C22H24N6O2. The van der Waals surface area contributed by atoms with Crippen molar-refractivity contribution in [2.75, 3.05) is 20.2 Å². The monoisotopic (exact) mass is 404 g/mol. The van der Waals surface area contributed by atoms with E-state index in [1.807, 2.05) is 32.2 Å². The van der Waals surface area contributed by atoms with Gasteiger partial charge in [0.05, 0.1) is 41.9 Å². The quantitative estimate of drug-likeness (QED) is 0.565. The molecule has 4 heterocycles. The van der Waals surface area contributed by atoms with Gasteiger partial charge < -0.3 is 10.1 Å². The molecule has 0 radical (unpaired) electrons. The fraction of sp³-hybridized carbons (Fsp3) is 0.364. The highest BCUT2D eigenvalue weighted by Crippen LogP contribution is 2.32. The summed E-state index contributed by atoms with van der Waals surface area (Å²) in [5.74, 6) is 0.604. The fourth-order valence-corrected chi connectivity index (χ4v) is 4.25. The van der Waals surface area contributed by atoms with Crippen molar-refractivity contribution in [3.8, 4) is 17.0 Å². The van der Waals surface area contributed by atoms with E-state index in [-0.39, 0.29) is 11.6 Å². The Morgan fingerprint density at radius 1 is 1.17 bits per heavy atom. The Bertz CT molecular complexity index is 1320. The molecule has 0 bridgehead atoms. The second-order valence-corrected chi connectivity index (χ2v) is 7.87. The van der Waals surface area contributed by atoms with Gasteiger partial charge in [0.2, 0.25) is 0 Å². The van der Waals surface area contributed by atoms with Gasteiger partial charge >= 0.3 is 0 Å². The molecule has 0 spiro atoms. The zero-order valence-corrected chi connectivity index (χ0v) is 17.3. The second-order valence-electron chi connectivity index (χ2n) is 7.87. The molecule has 1 aliphatic heterocycles. The van der Waals surface area contributed by atoms with Crippen molar-refractivity contribution < 1.29 is 4.74 Å². The maximum atomic E-state index is 13.2. The van der Waals surface area contributed by atoms with E-state index in [4.69, 9.17) is 9.84 Å². The molecule has 4 aromatic rings. The van der Waals surface area contributed by atoms with E-state index in [9.17, 15) is 4.79 Å². The van der Waals surface area contributed by atoms with E-state index in [0.29, 0.717) is 16.7 Å². The highest BCUT2D eigenvalue weighted by atomic mass is 16.5. The molecule has 0 amide bonds. The maximum absolute atomic E-state index is 13.2. The summed E-state index contributed by atoms with van der Waals surface area (Å²) in [4.78, 5) is 22.3. The predicted molar refractivity (Wildman–Crippen MR) is 115 cm³/mol. The van der Waals surface area contributed by atoms with E-state index >= 15 is 0 Å². The van der Waals surface area contributed by atoms with Gasteiger partial charge in [-0.25, -0.2) is 14.5 Å². The summed E-state index contributed by atoms with van der Waals surface area (Å²) in [5.41, 5.74) is 4.93. The lowest BCUT2D eigenvalue weighted by Gasteiger charge is -2.24. The molecule has 1 fully saturated rings. The largest absolute Gasteiger partial charge is 0.496 e. The van der Waals surface area contributed by atoms with Crippen molar-refractivity contribution in [1.29, 1.82) is 0 Å². The molecular weight excluding hydrogens is 380 g/mol. The Balaban J connectivity index is 1.67. The van der Waals surface area contributed by atoms with Crippen LogP contribution in [0.4, 0.5) is 0 Å². The molecule has 0 aliphatic carbocycles. The van der Waals surface area contributed by atoms with E-state index in [1.54, 1.807) is 28.6 Å². The fourth-order valence-electron chi connectivity index (χ4n) is 4.25. The topological polar surface area (TPSA) is 86.3 Å². The van der Waals surface area contributed by atoms with Crippen LogP contribution < -0.4 is 15.6 Å². The summed E-state index contributed by atoms with van der Waals surface area (Å²) in [6.45, 7) is 5.79. The lowest BCUT2D eigenvalue weighted by Crippen LogP contribution is -2.34. The Kier molecular flexibility index (Phi) is 4.51. The van der Waals surface area contributed by atoms with Crippen LogP contribution in [0.1, 0.15) is 30.1 Å². The molecule has 154 valence electrons. The Morgan fingerprint density at radius 2 is 1.97 bits per heavy atom. The number of rotatable bonds is 3. The molecule has 1 aliphatic rings. The van der Waals surface area contributed by atoms with Crippen LogP contribution in [0, 0.1) is 13.8 Å². The van der Waals surface area contributed by atoms with Crippen LogP contribution in [0.5, 0.6) is 5.75 Å². The number of aromatic nitrogens is 5. The van der Waals surface area contributed by atoms with Gasteiger partial charge in [-0.1, -0.05) is 0 Å². The van der Waals surface area contributed by atoms with Gasteiger partial charge in [-0.3, -0.25) is 9.36 Å². The number of ether oxygens (including phenoxy) is 1. The van der Waals surface area contributed by atoms with Gasteiger partial charge in [0.1, 0.15) is 5.75 Å². The number of aryl methyl sites for hydroxylation is 2. The average Bonchev–Trinajstić information content (AvgIpc) is 3.15. The summed E-state index contributed by atoms with van der Waals surface area (Å²) in [7, 11) is 1.61. The van der Waals surface area contributed by atoms with Gasteiger partial charge in [0.15, 0.2) is 5.65 Å². The van der Waals surface area contributed by atoms with Gasteiger partial charge in [0.25, 0.3) is 5.56 Å². The Morgan fingerprint density at radius 3 is 2.73 bits per heavy atom. The minimum absolute atomic E-state index is 0.0263. The predicted octanol–water partition coefficient (Wildman–Crippen LogP) is 2.66. The molecule has 1 N–H and O–H groups in total. The van der Waals surface area contributed by atoms with Gasteiger partial charge in [-0.2, -0.15) is 5.10 Å². The van der Waals surface area contributed by atoms with E-state index in [0.717, 1.165) is 54.1 Å². The third-order valence-corrected chi connectivity index (χ3v) is 5.81. The first-order valence-corrected chi connectivity index (χ1v) is 10.2. The number of hydrogen-bond donors (Lipinski definition) is 1. The number of methoxy groups -OCH3 is 1. The molecule has 30 heavy (non-hydrogen) atoms. The summed E-state index contributed by atoms with van der Waals surface area (Å²) in [6, 6.07) is 5.84. The third kappa shape index (κ3) is 3.04. The molecule has 1 saturated heterocycles. The van der Waals surface area contributed by atoms with E-state index in [1.165, 1.54) is 0 Å². The van der Waals surface area contributed by atoms with Crippen LogP contribution in [0.2, 0.25) is 0 Å². The standard InChI is InChI=1S/C22H24N6O2/c1-13-8-19(26-28-11-14(2)25-21(13)28)16-9-18-17(10-20(16)30-3)22(29)27(12-24-18)15-4-6-23-7-5-15/h8-12,15,23H,4-7H2,1-3H3. The highest BCUT2D eigenvalue weighted by Gasteiger charge is 2.19. The van der Waals surface area contributed by atoms with Crippen molar-refractivity contribution in [3.63, 3.8) is 0 Å². The summed E-state index contributed by atoms with van der Waals surface area (Å²) < 4.78 is 9.21. The van der Waals surface area contributed by atoms with Crippen molar-refractivity contribution in [2.45, 2.75) is 32.7 Å². The lowest BCUT2D eigenvalue weighted by molar-refractivity contribution is 0.359. The Labute approximate surface area is 173 Å². The number of benzene rings is 1. The van der Waals surface area contributed by atoms with Crippen LogP contribution in [0.25, 0.3) is 27.8 Å². The molecule has 0 saturated carbocycles.